The van der Waals surface area contributed by atoms with E-state index in [0.717, 1.165) is 0 Å². The highest BCUT2D eigenvalue weighted by Crippen LogP contribution is 2.55. The molecule has 7 heteroatoms. The van der Waals surface area contributed by atoms with Crippen LogP contribution in [0.3, 0.4) is 0 Å². The van der Waals surface area contributed by atoms with E-state index in [-0.39, 0.29) is 12.3 Å². The molecule has 1 saturated carbocycles. The second kappa shape index (κ2) is 3.50. The minimum Gasteiger partial charge on any atom is -0.320 e. The number of alkyl halides is 2. The number of nitrogens with two attached hydrogens (primary N) is 1. The van der Waals surface area contributed by atoms with E-state index in [1.54, 1.807) is 17.8 Å². The molecule has 0 spiro atoms. The fourth-order valence-electron chi connectivity index (χ4n) is 2.31. The lowest BCUT2D eigenvalue weighted by Gasteiger charge is -2.16. The van der Waals surface area contributed by atoms with Crippen LogP contribution in [0.15, 0.2) is 6.07 Å². The van der Waals surface area contributed by atoms with Gasteiger partial charge < -0.3 is 5.73 Å². The Labute approximate surface area is 103 Å². The number of likely N-dealkylation sites (N-methyl/N-ethyl adjacent to an activating group) is 1. The van der Waals surface area contributed by atoms with Crippen LogP contribution in [0, 0.1) is 0 Å². The fraction of sp³-hybridized carbons (Fsp3) is 0.636. The van der Waals surface area contributed by atoms with E-state index in [4.69, 9.17) is 5.73 Å². The van der Waals surface area contributed by atoms with Crippen LogP contribution in [0.4, 0.5) is 14.6 Å². The van der Waals surface area contributed by atoms with Crippen molar-refractivity contribution in [2.75, 3.05) is 11.9 Å². The molecule has 1 unspecified atom stereocenters. The zero-order chi connectivity index (χ0) is 13.1. The van der Waals surface area contributed by atoms with Crippen LogP contribution in [0.5, 0.6) is 0 Å². The molecule has 2 heterocycles. The van der Waals surface area contributed by atoms with Gasteiger partial charge in [0.15, 0.2) is 0 Å². The molecule has 1 aromatic rings. The van der Waals surface area contributed by atoms with E-state index in [9.17, 15) is 13.6 Å². The zero-order valence-electron chi connectivity index (χ0n) is 9.94. The summed E-state index contributed by atoms with van der Waals surface area (Å²) in [6.07, 6.45) is 0.318. The number of carbonyl (C=O) groups excluding carboxylic acids is 1. The Morgan fingerprint density at radius 1 is 1.56 bits per heavy atom. The molecule has 0 saturated heterocycles. The standard InChI is InChI=1S/C11H14F2N4O/c1-16-9-4-8(6-5-11(6,12)13)15-17(9)3-2-7(14)10(16)18/h4,6-7H,2-3,5,14H2,1H3/t6?,7-/m1/s1. The summed E-state index contributed by atoms with van der Waals surface area (Å²) in [4.78, 5) is 13.2. The van der Waals surface area contributed by atoms with Gasteiger partial charge in [-0.1, -0.05) is 0 Å². The van der Waals surface area contributed by atoms with E-state index in [0.29, 0.717) is 24.5 Å². The molecule has 0 bridgehead atoms. The maximum Gasteiger partial charge on any atom is 0.257 e. The van der Waals surface area contributed by atoms with Crippen LogP contribution < -0.4 is 10.6 Å². The summed E-state index contributed by atoms with van der Waals surface area (Å²) >= 11 is 0. The van der Waals surface area contributed by atoms with Gasteiger partial charge in [-0.3, -0.25) is 9.69 Å². The Morgan fingerprint density at radius 3 is 2.83 bits per heavy atom. The van der Waals surface area contributed by atoms with E-state index in [1.807, 2.05) is 0 Å². The normalized spacial score (nSPS) is 30.0. The molecule has 18 heavy (non-hydrogen) atoms. The highest BCUT2D eigenvalue weighted by Gasteiger charge is 2.59. The van der Waals surface area contributed by atoms with Crippen LogP contribution in [0.1, 0.15) is 24.5 Å². The molecule has 2 N–H and O–H groups in total. The first-order valence-corrected chi connectivity index (χ1v) is 5.89. The van der Waals surface area contributed by atoms with Crippen molar-refractivity contribution in [3.05, 3.63) is 11.8 Å². The molecule has 0 radical (unpaired) electrons. The van der Waals surface area contributed by atoms with E-state index >= 15 is 0 Å². The smallest absolute Gasteiger partial charge is 0.257 e. The molecule has 98 valence electrons. The monoisotopic (exact) mass is 256 g/mol. The first-order valence-electron chi connectivity index (χ1n) is 5.89. The van der Waals surface area contributed by atoms with Crippen molar-refractivity contribution in [3.63, 3.8) is 0 Å². The molecule has 1 aromatic heterocycles. The van der Waals surface area contributed by atoms with Crippen LogP contribution in [-0.4, -0.2) is 34.7 Å². The molecule has 3 rings (SSSR count). The number of aromatic nitrogens is 2. The number of nitrogens with zero attached hydrogens (tertiary/aromatic N) is 3. The predicted octanol–water partition coefficient (Wildman–Crippen LogP) is 0.699. The number of hydrogen-bond donors (Lipinski definition) is 1. The maximum atomic E-state index is 13.0. The Morgan fingerprint density at radius 2 is 2.22 bits per heavy atom. The van der Waals surface area contributed by atoms with Gasteiger partial charge >= 0.3 is 0 Å². The number of hydrogen-bond acceptors (Lipinski definition) is 3. The van der Waals surface area contributed by atoms with Gasteiger partial charge in [0.1, 0.15) is 5.82 Å². The molecule has 2 aliphatic rings. The van der Waals surface area contributed by atoms with Crippen molar-refractivity contribution in [2.45, 2.75) is 37.3 Å². The Kier molecular flexibility index (Phi) is 2.25. The Balaban J connectivity index is 1.94. The van der Waals surface area contributed by atoms with E-state index in [1.165, 1.54) is 4.90 Å². The Bertz CT molecular complexity index is 513. The van der Waals surface area contributed by atoms with Crippen molar-refractivity contribution < 1.29 is 13.6 Å². The molecule has 2 atom stereocenters. The first-order chi connectivity index (χ1) is 8.40. The van der Waals surface area contributed by atoms with Gasteiger partial charge in [-0.2, -0.15) is 5.10 Å². The number of rotatable bonds is 1. The van der Waals surface area contributed by atoms with Gasteiger partial charge in [0.2, 0.25) is 5.91 Å². The van der Waals surface area contributed by atoms with Crippen molar-refractivity contribution in [1.29, 1.82) is 0 Å². The van der Waals surface area contributed by atoms with Crippen molar-refractivity contribution in [3.8, 4) is 0 Å². The summed E-state index contributed by atoms with van der Waals surface area (Å²) in [7, 11) is 1.59. The topological polar surface area (TPSA) is 64.2 Å². The number of aryl methyl sites for hydroxylation is 1. The number of fused-ring (bicyclic) bond motifs is 1. The average Bonchev–Trinajstić information content (AvgIpc) is 2.81. The summed E-state index contributed by atoms with van der Waals surface area (Å²) in [6, 6.07) is 1.02. The van der Waals surface area contributed by atoms with E-state index in [2.05, 4.69) is 5.10 Å². The fourth-order valence-corrected chi connectivity index (χ4v) is 2.31. The van der Waals surface area contributed by atoms with Gasteiger partial charge in [0.05, 0.1) is 17.7 Å². The van der Waals surface area contributed by atoms with Crippen LogP contribution in [-0.2, 0) is 11.3 Å². The SMILES string of the molecule is CN1C(=O)[C@H](N)CCn2nc(C3CC3(F)F)cc21. The summed E-state index contributed by atoms with van der Waals surface area (Å²) < 4.78 is 27.6. The molecule has 1 aliphatic heterocycles. The molecule has 1 aliphatic carbocycles. The lowest BCUT2D eigenvalue weighted by Crippen LogP contribution is -2.40. The molecular formula is C11H14F2N4O. The third-order valence-electron chi connectivity index (χ3n) is 3.60. The second-order valence-electron chi connectivity index (χ2n) is 4.96. The van der Waals surface area contributed by atoms with Gasteiger partial charge in [0.25, 0.3) is 5.92 Å². The summed E-state index contributed by atoms with van der Waals surface area (Å²) in [5, 5.41) is 4.17. The van der Waals surface area contributed by atoms with Crippen molar-refractivity contribution >= 4 is 11.7 Å². The van der Waals surface area contributed by atoms with E-state index < -0.39 is 17.9 Å². The molecule has 1 amide bonds. The number of anilines is 1. The molecule has 1 fully saturated rings. The maximum absolute atomic E-state index is 13.0. The van der Waals surface area contributed by atoms with Crippen molar-refractivity contribution in [2.24, 2.45) is 5.73 Å². The van der Waals surface area contributed by atoms with Crippen molar-refractivity contribution in [1.82, 2.24) is 9.78 Å². The Hall–Kier alpha value is -1.50. The summed E-state index contributed by atoms with van der Waals surface area (Å²) in [5.74, 6) is -3.10. The number of carbonyl (C=O) groups is 1. The second-order valence-corrected chi connectivity index (χ2v) is 4.96. The summed E-state index contributed by atoms with van der Waals surface area (Å²) in [6.45, 7) is 0.477. The lowest BCUT2D eigenvalue weighted by molar-refractivity contribution is -0.119. The lowest BCUT2D eigenvalue weighted by atomic mass is 10.2. The third kappa shape index (κ3) is 1.61. The highest BCUT2D eigenvalue weighted by atomic mass is 19.3. The number of amides is 1. The van der Waals surface area contributed by atoms with Gasteiger partial charge in [0, 0.05) is 26.1 Å². The third-order valence-corrected chi connectivity index (χ3v) is 3.60. The average molecular weight is 256 g/mol. The van der Waals surface area contributed by atoms with Crippen LogP contribution in [0.25, 0.3) is 0 Å². The molecular weight excluding hydrogens is 242 g/mol. The van der Waals surface area contributed by atoms with Crippen LogP contribution in [0.2, 0.25) is 0 Å². The highest BCUT2D eigenvalue weighted by molar-refractivity contribution is 5.96. The van der Waals surface area contributed by atoms with Gasteiger partial charge in [-0.25, -0.2) is 13.5 Å². The largest absolute Gasteiger partial charge is 0.320 e. The van der Waals surface area contributed by atoms with Gasteiger partial charge in [-0.15, -0.1) is 0 Å². The minimum atomic E-state index is -2.64. The molecule has 0 aromatic carbocycles. The van der Waals surface area contributed by atoms with Gasteiger partial charge in [-0.05, 0) is 6.42 Å². The predicted molar refractivity (Wildman–Crippen MR) is 60.5 cm³/mol. The molecule has 5 nitrogen and oxygen atoms in total. The minimum absolute atomic E-state index is 0.152. The number of halogens is 2. The summed E-state index contributed by atoms with van der Waals surface area (Å²) in [5.41, 5.74) is 6.07. The zero-order valence-corrected chi connectivity index (χ0v) is 9.94. The first kappa shape index (κ1) is 11.6. The van der Waals surface area contributed by atoms with Crippen LogP contribution >= 0.6 is 0 Å². The quantitative estimate of drug-likeness (QED) is 0.804.